The lowest BCUT2D eigenvalue weighted by Gasteiger charge is -2.18. The number of benzene rings is 2. The van der Waals surface area contributed by atoms with Gasteiger partial charge in [-0.25, -0.2) is 14.4 Å². The number of para-hydroxylation sites is 1. The second kappa shape index (κ2) is 8.75. The summed E-state index contributed by atoms with van der Waals surface area (Å²) in [6, 6.07) is 15.0. The first-order valence-electron chi connectivity index (χ1n) is 8.40. The van der Waals surface area contributed by atoms with Crippen molar-refractivity contribution in [1.29, 1.82) is 0 Å². The first-order valence-corrected chi connectivity index (χ1v) is 8.40. The fourth-order valence-electron chi connectivity index (χ4n) is 2.40. The van der Waals surface area contributed by atoms with E-state index in [-0.39, 0.29) is 18.3 Å². The van der Waals surface area contributed by atoms with Crippen LogP contribution in [0, 0.1) is 5.82 Å². The molecule has 0 spiro atoms. The van der Waals surface area contributed by atoms with Gasteiger partial charge in [-0.3, -0.25) is 4.79 Å². The molecule has 0 aliphatic carbocycles. The van der Waals surface area contributed by atoms with E-state index in [2.05, 4.69) is 15.3 Å². The summed E-state index contributed by atoms with van der Waals surface area (Å²) in [6.07, 6.45) is 3.27. The summed E-state index contributed by atoms with van der Waals surface area (Å²) >= 11 is 0. The van der Waals surface area contributed by atoms with E-state index in [4.69, 9.17) is 4.74 Å². The molecule has 138 valence electrons. The van der Waals surface area contributed by atoms with Gasteiger partial charge < -0.3 is 15.0 Å². The predicted molar refractivity (Wildman–Crippen MR) is 101 cm³/mol. The summed E-state index contributed by atoms with van der Waals surface area (Å²) in [7, 11) is 1.67. The molecule has 6 nitrogen and oxygen atoms in total. The van der Waals surface area contributed by atoms with Gasteiger partial charge in [0.25, 0.3) is 5.91 Å². The number of aromatic nitrogens is 2. The maximum Gasteiger partial charge on any atom is 0.253 e. The van der Waals surface area contributed by atoms with E-state index in [9.17, 15) is 9.18 Å². The van der Waals surface area contributed by atoms with Gasteiger partial charge in [0.1, 0.15) is 6.61 Å². The number of halogens is 1. The van der Waals surface area contributed by atoms with Crippen LogP contribution in [0.1, 0.15) is 10.4 Å². The summed E-state index contributed by atoms with van der Waals surface area (Å²) in [6.45, 7) is 0.519. The van der Waals surface area contributed by atoms with E-state index < -0.39 is 5.82 Å². The first-order chi connectivity index (χ1) is 13.1. The number of carbonyl (C=O) groups is 1. The fraction of sp³-hybridized carbons (Fsp3) is 0.150. The quantitative estimate of drug-likeness (QED) is 0.693. The minimum atomic E-state index is -0.423. The van der Waals surface area contributed by atoms with E-state index in [1.54, 1.807) is 61.9 Å². The van der Waals surface area contributed by atoms with Gasteiger partial charge >= 0.3 is 0 Å². The zero-order chi connectivity index (χ0) is 19.1. The molecule has 0 fully saturated rings. The Hall–Kier alpha value is -3.48. The molecule has 0 unspecified atom stereocenters. The van der Waals surface area contributed by atoms with Gasteiger partial charge in [0.2, 0.25) is 5.95 Å². The zero-order valence-electron chi connectivity index (χ0n) is 14.8. The third-order valence-electron chi connectivity index (χ3n) is 3.80. The molecule has 0 aliphatic heterocycles. The van der Waals surface area contributed by atoms with Crippen molar-refractivity contribution in [3.8, 4) is 5.75 Å². The maximum atomic E-state index is 13.5. The molecule has 7 heteroatoms. The topological polar surface area (TPSA) is 67.3 Å². The maximum absolute atomic E-state index is 13.5. The van der Waals surface area contributed by atoms with Crippen molar-refractivity contribution in [1.82, 2.24) is 14.9 Å². The summed E-state index contributed by atoms with van der Waals surface area (Å²) < 4.78 is 18.9. The summed E-state index contributed by atoms with van der Waals surface area (Å²) in [4.78, 5) is 22.3. The second-order valence-electron chi connectivity index (χ2n) is 5.78. The van der Waals surface area contributed by atoms with Gasteiger partial charge in [0, 0.05) is 30.7 Å². The number of hydrogen-bond acceptors (Lipinski definition) is 5. The second-order valence-corrected chi connectivity index (χ2v) is 5.78. The third-order valence-corrected chi connectivity index (χ3v) is 3.80. The predicted octanol–water partition coefficient (Wildman–Crippen LogP) is 3.51. The van der Waals surface area contributed by atoms with Crippen LogP contribution in [0.4, 0.5) is 16.0 Å². The normalized spacial score (nSPS) is 10.3. The molecule has 0 radical (unpaired) electrons. The molecule has 2 aromatic carbocycles. The zero-order valence-corrected chi connectivity index (χ0v) is 14.8. The number of rotatable bonds is 7. The highest BCUT2D eigenvalue weighted by molar-refractivity contribution is 5.95. The smallest absolute Gasteiger partial charge is 0.253 e. The van der Waals surface area contributed by atoms with Gasteiger partial charge in [0.05, 0.1) is 6.54 Å². The Morgan fingerprint density at radius 2 is 1.89 bits per heavy atom. The molecule has 0 atom stereocenters. The standard InChI is InChI=1S/C20H19FN4O2/c1-25(12-13-27-18-9-3-2-8-17(18)21)19(26)15-6-4-7-16(14-15)24-20-22-10-5-11-23-20/h2-11,14H,12-13H2,1H3,(H,22,23,24). The summed E-state index contributed by atoms with van der Waals surface area (Å²) in [5.74, 6) is 0.0410. The lowest BCUT2D eigenvalue weighted by atomic mass is 10.2. The number of carbonyl (C=O) groups excluding carboxylic acids is 1. The molecule has 1 heterocycles. The molecule has 3 rings (SSSR count). The van der Waals surface area contributed by atoms with Crippen LogP contribution in [0.25, 0.3) is 0 Å². The Morgan fingerprint density at radius 1 is 1.11 bits per heavy atom. The Kier molecular flexibility index (Phi) is 5.94. The molecular formula is C20H19FN4O2. The monoisotopic (exact) mass is 366 g/mol. The highest BCUT2D eigenvalue weighted by Gasteiger charge is 2.13. The van der Waals surface area contributed by atoms with Crippen molar-refractivity contribution in [2.75, 3.05) is 25.5 Å². The van der Waals surface area contributed by atoms with Crippen molar-refractivity contribution in [3.05, 3.63) is 78.4 Å². The van der Waals surface area contributed by atoms with Crippen molar-refractivity contribution in [2.45, 2.75) is 0 Å². The lowest BCUT2D eigenvalue weighted by Crippen LogP contribution is -2.31. The summed E-state index contributed by atoms with van der Waals surface area (Å²) in [5, 5.41) is 3.05. The van der Waals surface area contributed by atoms with Crippen LogP contribution >= 0.6 is 0 Å². The van der Waals surface area contributed by atoms with Crippen LogP contribution in [0.5, 0.6) is 5.75 Å². The molecule has 0 saturated carbocycles. The number of amides is 1. The number of ether oxygens (including phenoxy) is 1. The first kappa shape index (κ1) is 18.3. The number of hydrogen-bond donors (Lipinski definition) is 1. The van der Waals surface area contributed by atoms with Gasteiger partial charge in [0.15, 0.2) is 11.6 Å². The van der Waals surface area contributed by atoms with Crippen LogP contribution < -0.4 is 10.1 Å². The van der Waals surface area contributed by atoms with E-state index in [0.717, 1.165) is 0 Å². The molecule has 1 N–H and O–H groups in total. The largest absolute Gasteiger partial charge is 0.489 e. The molecule has 1 amide bonds. The molecule has 27 heavy (non-hydrogen) atoms. The number of anilines is 2. The molecule has 1 aromatic heterocycles. The molecular weight excluding hydrogens is 347 g/mol. The van der Waals surface area contributed by atoms with Gasteiger partial charge in [-0.15, -0.1) is 0 Å². The van der Waals surface area contributed by atoms with Gasteiger partial charge in [-0.05, 0) is 36.4 Å². The highest BCUT2D eigenvalue weighted by Crippen LogP contribution is 2.17. The van der Waals surface area contributed by atoms with Gasteiger partial charge in [-0.1, -0.05) is 18.2 Å². The minimum absolute atomic E-state index is 0.162. The number of nitrogens with zero attached hydrogens (tertiary/aromatic N) is 3. The van der Waals surface area contributed by atoms with Crippen LogP contribution in [-0.4, -0.2) is 41.0 Å². The van der Waals surface area contributed by atoms with E-state index in [0.29, 0.717) is 23.7 Å². The van der Waals surface area contributed by atoms with E-state index >= 15 is 0 Å². The highest BCUT2D eigenvalue weighted by atomic mass is 19.1. The number of likely N-dealkylation sites (N-methyl/N-ethyl adjacent to an activating group) is 1. The molecule has 0 aliphatic rings. The van der Waals surface area contributed by atoms with E-state index in [1.807, 2.05) is 6.07 Å². The third kappa shape index (κ3) is 5.01. The fourth-order valence-corrected chi connectivity index (χ4v) is 2.40. The Bertz CT molecular complexity index is 905. The Labute approximate surface area is 156 Å². The SMILES string of the molecule is CN(CCOc1ccccc1F)C(=O)c1cccc(Nc2ncccn2)c1. The van der Waals surface area contributed by atoms with Crippen molar-refractivity contribution < 1.29 is 13.9 Å². The van der Waals surface area contributed by atoms with Crippen LogP contribution in [0.3, 0.4) is 0 Å². The lowest BCUT2D eigenvalue weighted by molar-refractivity contribution is 0.0773. The van der Waals surface area contributed by atoms with E-state index in [1.165, 1.54) is 11.0 Å². The average molecular weight is 366 g/mol. The van der Waals surface area contributed by atoms with Crippen molar-refractivity contribution >= 4 is 17.5 Å². The Balaban J connectivity index is 1.58. The summed E-state index contributed by atoms with van der Waals surface area (Å²) in [5.41, 5.74) is 1.23. The molecule has 0 saturated heterocycles. The van der Waals surface area contributed by atoms with Crippen molar-refractivity contribution in [2.24, 2.45) is 0 Å². The Morgan fingerprint density at radius 3 is 2.67 bits per heavy atom. The van der Waals surface area contributed by atoms with Crippen molar-refractivity contribution in [3.63, 3.8) is 0 Å². The molecule has 3 aromatic rings. The van der Waals surface area contributed by atoms with Gasteiger partial charge in [-0.2, -0.15) is 0 Å². The van der Waals surface area contributed by atoms with Crippen LogP contribution in [-0.2, 0) is 0 Å². The molecule has 0 bridgehead atoms. The number of nitrogens with one attached hydrogen (secondary N) is 1. The van der Waals surface area contributed by atoms with Crippen LogP contribution in [0.2, 0.25) is 0 Å². The van der Waals surface area contributed by atoms with Crippen LogP contribution in [0.15, 0.2) is 67.0 Å². The minimum Gasteiger partial charge on any atom is -0.489 e. The average Bonchev–Trinajstić information content (AvgIpc) is 2.70.